The van der Waals surface area contributed by atoms with Crippen molar-refractivity contribution in [3.63, 3.8) is 0 Å². The molecule has 1 aromatic carbocycles. The molecule has 0 spiro atoms. The second-order valence-corrected chi connectivity index (χ2v) is 6.02. The first-order valence-electron chi connectivity index (χ1n) is 7.93. The molecule has 6 heteroatoms. The van der Waals surface area contributed by atoms with Gasteiger partial charge in [0.2, 0.25) is 5.89 Å². The van der Waals surface area contributed by atoms with Gasteiger partial charge in [-0.2, -0.15) is 0 Å². The fourth-order valence-corrected chi connectivity index (χ4v) is 2.84. The first-order chi connectivity index (χ1) is 12.0. The summed E-state index contributed by atoms with van der Waals surface area (Å²) >= 11 is 0. The van der Waals surface area contributed by atoms with Crippen molar-refractivity contribution in [2.45, 2.75) is 26.4 Å². The van der Waals surface area contributed by atoms with Gasteiger partial charge in [-0.05, 0) is 38.6 Å². The lowest BCUT2D eigenvalue weighted by molar-refractivity contribution is 0.236. The number of rotatable bonds is 5. The second-order valence-electron chi connectivity index (χ2n) is 6.02. The SMILES string of the molecule is Cc1nc(CN(C)[C@H](c2cccnc2)c2ccc(F)cc2F)oc1C. The molecule has 25 heavy (non-hydrogen) atoms. The Hall–Kier alpha value is -2.60. The van der Waals surface area contributed by atoms with E-state index in [0.717, 1.165) is 23.1 Å². The number of halogens is 2. The number of oxazole rings is 1. The van der Waals surface area contributed by atoms with Gasteiger partial charge in [0.1, 0.15) is 17.4 Å². The maximum Gasteiger partial charge on any atom is 0.208 e. The van der Waals surface area contributed by atoms with Crippen molar-refractivity contribution in [3.05, 3.63) is 82.8 Å². The monoisotopic (exact) mass is 343 g/mol. The quantitative estimate of drug-likeness (QED) is 0.697. The number of hydrogen-bond donors (Lipinski definition) is 0. The van der Waals surface area contributed by atoms with Gasteiger partial charge in [-0.3, -0.25) is 9.88 Å². The Morgan fingerprint density at radius 3 is 2.60 bits per heavy atom. The molecule has 0 saturated carbocycles. The van der Waals surface area contributed by atoms with Crippen molar-refractivity contribution in [3.8, 4) is 0 Å². The van der Waals surface area contributed by atoms with E-state index in [9.17, 15) is 8.78 Å². The van der Waals surface area contributed by atoms with E-state index in [-0.39, 0.29) is 0 Å². The Kier molecular flexibility index (Phi) is 4.90. The summed E-state index contributed by atoms with van der Waals surface area (Å²) in [5.74, 6) is 0.108. The summed E-state index contributed by atoms with van der Waals surface area (Å²) in [7, 11) is 1.84. The predicted molar refractivity (Wildman–Crippen MR) is 89.9 cm³/mol. The molecule has 0 aliphatic rings. The summed E-state index contributed by atoms with van der Waals surface area (Å²) in [6, 6.07) is 6.83. The van der Waals surface area contributed by atoms with Crippen LogP contribution in [0.2, 0.25) is 0 Å². The molecule has 4 nitrogen and oxygen atoms in total. The lowest BCUT2D eigenvalue weighted by Gasteiger charge is -2.28. The molecule has 0 bridgehead atoms. The van der Waals surface area contributed by atoms with E-state index in [1.165, 1.54) is 12.1 Å². The Labute approximate surface area is 145 Å². The first kappa shape index (κ1) is 17.2. The molecule has 0 aliphatic heterocycles. The van der Waals surface area contributed by atoms with Gasteiger partial charge >= 0.3 is 0 Å². The van der Waals surface area contributed by atoms with Gasteiger partial charge in [-0.1, -0.05) is 12.1 Å². The van der Waals surface area contributed by atoms with Crippen molar-refractivity contribution in [1.82, 2.24) is 14.9 Å². The summed E-state index contributed by atoms with van der Waals surface area (Å²) in [6.07, 6.45) is 3.33. The van der Waals surface area contributed by atoms with Crippen LogP contribution in [-0.2, 0) is 6.54 Å². The molecule has 0 radical (unpaired) electrons. The molecule has 0 fully saturated rings. The van der Waals surface area contributed by atoms with E-state index in [2.05, 4.69) is 9.97 Å². The number of benzene rings is 1. The van der Waals surface area contributed by atoms with Crippen molar-refractivity contribution >= 4 is 0 Å². The van der Waals surface area contributed by atoms with E-state index in [0.29, 0.717) is 18.0 Å². The number of pyridine rings is 1. The van der Waals surface area contributed by atoms with Crippen LogP contribution in [0.15, 0.2) is 47.1 Å². The van der Waals surface area contributed by atoms with Crippen molar-refractivity contribution in [1.29, 1.82) is 0 Å². The molecule has 0 amide bonds. The molecule has 130 valence electrons. The molecule has 0 N–H and O–H groups in total. The summed E-state index contributed by atoms with van der Waals surface area (Å²) in [4.78, 5) is 10.4. The molecule has 2 heterocycles. The molecule has 0 aliphatic carbocycles. The Morgan fingerprint density at radius 1 is 1.20 bits per heavy atom. The fraction of sp³-hybridized carbons (Fsp3) is 0.263. The maximum atomic E-state index is 14.4. The highest BCUT2D eigenvalue weighted by Crippen LogP contribution is 2.30. The standard InChI is InChI=1S/C19H19F2N3O/c1-12-13(2)25-18(23-12)11-24(3)19(14-5-4-8-22-10-14)16-7-6-15(20)9-17(16)21/h4-10,19H,11H2,1-3H3/t19-/m1/s1. The first-order valence-corrected chi connectivity index (χ1v) is 7.93. The molecule has 1 atom stereocenters. The van der Waals surface area contributed by atoms with Crippen molar-refractivity contribution in [2.75, 3.05) is 7.05 Å². The number of aryl methyl sites for hydroxylation is 2. The highest BCUT2D eigenvalue weighted by molar-refractivity contribution is 5.31. The van der Waals surface area contributed by atoms with Crippen LogP contribution in [0, 0.1) is 25.5 Å². The maximum absolute atomic E-state index is 14.4. The number of hydrogen-bond acceptors (Lipinski definition) is 4. The number of nitrogens with zero attached hydrogens (tertiary/aromatic N) is 3. The van der Waals surface area contributed by atoms with Crippen LogP contribution < -0.4 is 0 Å². The van der Waals surface area contributed by atoms with Gasteiger partial charge in [0.15, 0.2) is 0 Å². The van der Waals surface area contributed by atoms with Crippen LogP contribution in [0.1, 0.15) is 34.5 Å². The zero-order valence-corrected chi connectivity index (χ0v) is 14.3. The van der Waals surface area contributed by atoms with Crippen LogP contribution in [-0.4, -0.2) is 21.9 Å². The Bertz CT molecular complexity index is 845. The third kappa shape index (κ3) is 3.74. The lowest BCUT2D eigenvalue weighted by atomic mass is 9.98. The zero-order valence-electron chi connectivity index (χ0n) is 14.3. The van der Waals surface area contributed by atoms with E-state index < -0.39 is 17.7 Å². The van der Waals surface area contributed by atoms with Crippen LogP contribution in [0.3, 0.4) is 0 Å². The molecule has 3 rings (SSSR count). The Morgan fingerprint density at radius 2 is 2.00 bits per heavy atom. The van der Waals surface area contributed by atoms with Crippen LogP contribution in [0.5, 0.6) is 0 Å². The zero-order chi connectivity index (χ0) is 18.0. The van der Waals surface area contributed by atoms with Gasteiger partial charge in [0, 0.05) is 24.0 Å². The van der Waals surface area contributed by atoms with Gasteiger partial charge in [-0.25, -0.2) is 13.8 Å². The molecule has 0 unspecified atom stereocenters. The van der Waals surface area contributed by atoms with Crippen LogP contribution in [0.4, 0.5) is 8.78 Å². The predicted octanol–water partition coefficient (Wildman–Crippen LogP) is 4.19. The lowest BCUT2D eigenvalue weighted by Crippen LogP contribution is -2.26. The highest BCUT2D eigenvalue weighted by Gasteiger charge is 2.24. The topological polar surface area (TPSA) is 42.2 Å². The van der Waals surface area contributed by atoms with Crippen LogP contribution in [0.25, 0.3) is 0 Å². The van der Waals surface area contributed by atoms with Gasteiger partial charge in [-0.15, -0.1) is 0 Å². The summed E-state index contributed by atoms with van der Waals surface area (Å²) in [5.41, 5.74) is 2.00. The van der Waals surface area contributed by atoms with E-state index >= 15 is 0 Å². The normalized spacial score (nSPS) is 12.6. The number of aromatic nitrogens is 2. The molecule has 3 aromatic rings. The minimum Gasteiger partial charge on any atom is -0.444 e. The molecule has 0 saturated heterocycles. The minimum atomic E-state index is -0.604. The van der Waals surface area contributed by atoms with E-state index in [1.807, 2.05) is 31.9 Å². The molecule has 2 aromatic heterocycles. The minimum absolute atomic E-state index is 0.372. The Balaban J connectivity index is 1.98. The fourth-order valence-electron chi connectivity index (χ4n) is 2.84. The van der Waals surface area contributed by atoms with E-state index in [1.54, 1.807) is 18.5 Å². The van der Waals surface area contributed by atoms with Crippen molar-refractivity contribution in [2.24, 2.45) is 0 Å². The molecular formula is C19H19F2N3O. The van der Waals surface area contributed by atoms with Gasteiger partial charge < -0.3 is 4.42 Å². The molecular weight excluding hydrogens is 324 g/mol. The summed E-state index contributed by atoms with van der Waals surface area (Å²) in [6.45, 7) is 4.11. The summed E-state index contributed by atoms with van der Waals surface area (Å²) < 4.78 is 33.4. The average molecular weight is 343 g/mol. The van der Waals surface area contributed by atoms with Gasteiger partial charge in [0.25, 0.3) is 0 Å². The average Bonchev–Trinajstić information content (AvgIpc) is 2.88. The third-order valence-corrected chi connectivity index (χ3v) is 4.16. The van der Waals surface area contributed by atoms with Crippen LogP contribution >= 0.6 is 0 Å². The second kappa shape index (κ2) is 7.11. The largest absolute Gasteiger partial charge is 0.444 e. The highest BCUT2D eigenvalue weighted by atomic mass is 19.1. The summed E-state index contributed by atoms with van der Waals surface area (Å²) in [5, 5.41) is 0. The van der Waals surface area contributed by atoms with Crippen molar-refractivity contribution < 1.29 is 13.2 Å². The van der Waals surface area contributed by atoms with Gasteiger partial charge in [0.05, 0.1) is 18.3 Å². The van der Waals surface area contributed by atoms with E-state index in [4.69, 9.17) is 4.42 Å². The third-order valence-electron chi connectivity index (χ3n) is 4.16. The smallest absolute Gasteiger partial charge is 0.208 e.